The smallest absolute Gasteiger partial charge is 0.148 e. The Bertz CT molecular complexity index is 175. The van der Waals surface area contributed by atoms with Gasteiger partial charge in [0, 0.05) is 45.8 Å². The number of alkyl halides is 1. The van der Waals surface area contributed by atoms with Crippen molar-refractivity contribution in [2.24, 2.45) is 0 Å². The van der Waals surface area contributed by atoms with Gasteiger partial charge in [0.15, 0.2) is 0 Å². The third-order valence-corrected chi connectivity index (χ3v) is 2.99. The number of piperazine rings is 1. The molecule has 2 aliphatic rings. The van der Waals surface area contributed by atoms with Crippen LogP contribution >= 0.6 is 0 Å². The van der Waals surface area contributed by atoms with Gasteiger partial charge in [-0.05, 0) is 7.05 Å². The van der Waals surface area contributed by atoms with Crippen LogP contribution in [0, 0.1) is 0 Å². The summed E-state index contributed by atoms with van der Waals surface area (Å²) in [5, 5.41) is 2.99. The van der Waals surface area contributed by atoms with Crippen LogP contribution in [-0.4, -0.2) is 68.3 Å². The highest BCUT2D eigenvalue weighted by Gasteiger charge is 2.38. The molecule has 2 fully saturated rings. The fourth-order valence-corrected chi connectivity index (χ4v) is 1.91. The normalized spacial score (nSPS) is 26.4. The first-order chi connectivity index (χ1) is 7.18. The van der Waals surface area contributed by atoms with Gasteiger partial charge in [0.1, 0.15) is 5.67 Å². The summed E-state index contributed by atoms with van der Waals surface area (Å²) in [5.74, 6) is 0. The summed E-state index contributed by atoms with van der Waals surface area (Å²) in [4.78, 5) is 4.53. The summed E-state index contributed by atoms with van der Waals surface area (Å²) in [6.07, 6.45) is 0. The van der Waals surface area contributed by atoms with E-state index in [1.807, 2.05) is 13.8 Å². The molecule has 0 aromatic carbocycles. The standard InChI is InChI=1S/C9H18FN3.C2H6/c1-12-2-4-13(5-3-12)8-9(10)6-11-7-9;1-2/h11H,2-8H2,1H3;1-2H3. The zero-order valence-electron chi connectivity index (χ0n) is 10.2. The van der Waals surface area contributed by atoms with Crippen LogP contribution in [0.4, 0.5) is 4.39 Å². The predicted molar refractivity (Wildman–Crippen MR) is 62.0 cm³/mol. The van der Waals surface area contributed by atoms with Crippen LogP contribution in [0.1, 0.15) is 13.8 Å². The van der Waals surface area contributed by atoms with Crippen molar-refractivity contribution in [2.75, 3.05) is 52.9 Å². The molecule has 0 saturated carbocycles. The molecule has 4 heteroatoms. The van der Waals surface area contributed by atoms with Crippen LogP contribution in [0.3, 0.4) is 0 Å². The second kappa shape index (κ2) is 5.77. The minimum atomic E-state index is -0.935. The first-order valence-corrected chi connectivity index (χ1v) is 5.99. The summed E-state index contributed by atoms with van der Waals surface area (Å²) < 4.78 is 13.7. The van der Waals surface area contributed by atoms with E-state index in [1.54, 1.807) is 0 Å². The van der Waals surface area contributed by atoms with Crippen LogP contribution in [0.25, 0.3) is 0 Å². The highest BCUT2D eigenvalue weighted by Crippen LogP contribution is 2.18. The van der Waals surface area contributed by atoms with Crippen LogP contribution in [-0.2, 0) is 0 Å². The van der Waals surface area contributed by atoms with Gasteiger partial charge in [-0.3, -0.25) is 4.90 Å². The van der Waals surface area contributed by atoms with Gasteiger partial charge < -0.3 is 10.2 Å². The van der Waals surface area contributed by atoms with Gasteiger partial charge in [0.2, 0.25) is 0 Å². The molecule has 2 aliphatic heterocycles. The Morgan fingerprint density at radius 1 is 1.13 bits per heavy atom. The molecule has 0 aliphatic carbocycles. The van der Waals surface area contributed by atoms with Gasteiger partial charge in [0.05, 0.1) is 0 Å². The van der Waals surface area contributed by atoms with E-state index in [0.717, 1.165) is 26.2 Å². The Hall–Kier alpha value is -0.190. The summed E-state index contributed by atoms with van der Waals surface area (Å²) >= 11 is 0. The lowest BCUT2D eigenvalue weighted by molar-refractivity contribution is 0.0259. The van der Waals surface area contributed by atoms with E-state index in [-0.39, 0.29) is 0 Å². The number of halogens is 1. The lowest BCUT2D eigenvalue weighted by Gasteiger charge is -2.41. The number of likely N-dealkylation sites (N-methyl/N-ethyl adjacent to an activating group) is 1. The third kappa shape index (κ3) is 3.70. The summed E-state index contributed by atoms with van der Waals surface area (Å²) in [6, 6.07) is 0. The van der Waals surface area contributed by atoms with Crippen LogP contribution in [0.5, 0.6) is 0 Å². The predicted octanol–water partition coefficient (Wildman–Crippen LogP) is 0.572. The number of hydrogen-bond donors (Lipinski definition) is 1. The number of rotatable bonds is 2. The lowest BCUT2D eigenvalue weighted by Crippen LogP contribution is -2.63. The second-order valence-electron chi connectivity index (χ2n) is 4.33. The molecule has 2 saturated heterocycles. The molecule has 0 amide bonds. The van der Waals surface area contributed by atoms with Gasteiger partial charge in [-0.1, -0.05) is 13.8 Å². The SMILES string of the molecule is CC.CN1CCN(CC2(F)CNC2)CC1. The summed E-state index contributed by atoms with van der Waals surface area (Å²) in [5.41, 5.74) is -0.935. The maximum atomic E-state index is 13.7. The van der Waals surface area contributed by atoms with Crippen LogP contribution in [0.15, 0.2) is 0 Å². The molecule has 0 radical (unpaired) electrons. The zero-order valence-corrected chi connectivity index (χ0v) is 10.2. The van der Waals surface area contributed by atoms with E-state index >= 15 is 0 Å². The Balaban J connectivity index is 0.000000531. The van der Waals surface area contributed by atoms with E-state index in [1.165, 1.54) is 0 Å². The van der Waals surface area contributed by atoms with E-state index in [0.29, 0.717) is 19.6 Å². The van der Waals surface area contributed by atoms with Gasteiger partial charge in [0.25, 0.3) is 0 Å². The molecule has 2 heterocycles. The molecule has 0 bridgehead atoms. The van der Waals surface area contributed by atoms with E-state index in [4.69, 9.17) is 0 Å². The molecule has 3 nitrogen and oxygen atoms in total. The first kappa shape index (κ1) is 12.9. The maximum absolute atomic E-state index is 13.7. The van der Waals surface area contributed by atoms with Gasteiger partial charge in [-0.25, -0.2) is 4.39 Å². The topological polar surface area (TPSA) is 18.5 Å². The minimum Gasteiger partial charge on any atom is -0.310 e. The van der Waals surface area contributed by atoms with Crippen molar-refractivity contribution in [3.05, 3.63) is 0 Å². The van der Waals surface area contributed by atoms with Crippen molar-refractivity contribution in [3.8, 4) is 0 Å². The van der Waals surface area contributed by atoms with Crippen LogP contribution in [0.2, 0.25) is 0 Å². The van der Waals surface area contributed by atoms with Gasteiger partial charge in [-0.15, -0.1) is 0 Å². The van der Waals surface area contributed by atoms with E-state index in [2.05, 4.69) is 22.2 Å². The molecule has 0 aromatic rings. The molecule has 0 unspecified atom stereocenters. The first-order valence-electron chi connectivity index (χ1n) is 5.99. The molecule has 0 atom stereocenters. The van der Waals surface area contributed by atoms with Crippen molar-refractivity contribution < 1.29 is 4.39 Å². The Kier molecular flexibility index (Phi) is 4.96. The largest absolute Gasteiger partial charge is 0.310 e. The molecule has 2 rings (SSSR count). The Morgan fingerprint density at radius 2 is 1.67 bits per heavy atom. The maximum Gasteiger partial charge on any atom is 0.148 e. The van der Waals surface area contributed by atoms with Crippen molar-refractivity contribution in [1.29, 1.82) is 0 Å². The Labute approximate surface area is 92.6 Å². The molecule has 90 valence electrons. The zero-order chi connectivity index (χ0) is 11.3. The Morgan fingerprint density at radius 3 is 2.07 bits per heavy atom. The molecular formula is C11H24FN3. The number of hydrogen-bond acceptors (Lipinski definition) is 3. The third-order valence-electron chi connectivity index (χ3n) is 2.99. The average molecular weight is 217 g/mol. The fraction of sp³-hybridized carbons (Fsp3) is 1.00. The van der Waals surface area contributed by atoms with E-state index in [9.17, 15) is 4.39 Å². The number of nitrogens with one attached hydrogen (secondary N) is 1. The molecular weight excluding hydrogens is 193 g/mol. The monoisotopic (exact) mass is 217 g/mol. The highest BCUT2D eigenvalue weighted by molar-refractivity contribution is 4.96. The molecule has 1 N–H and O–H groups in total. The van der Waals surface area contributed by atoms with Crippen molar-refractivity contribution in [2.45, 2.75) is 19.5 Å². The summed E-state index contributed by atoms with van der Waals surface area (Å²) in [7, 11) is 2.12. The van der Waals surface area contributed by atoms with Crippen molar-refractivity contribution in [3.63, 3.8) is 0 Å². The quantitative estimate of drug-likeness (QED) is 0.729. The van der Waals surface area contributed by atoms with Gasteiger partial charge >= 0.3 is 0 Å². The van der Waals surface area contributed by atoms with Gasteiger partial charge in [-0.2, -0.15) is 0 Å². The second-order valence-corrected chi connectivity index (χ2v) is 4.33. The summed E-state index contributed by atoms with van der Waals surface area (Å²) in [6.45, 7) is 9.88. The minimum absolute atomic E-state index is 0.541. The molecule has 15 heavy (non-hydrogen) atoms. The van der Waals surface area contributed by atoms with Crippen molar-refractivity contribution >= 4 is 0 Å². The number of nitrogens with zero attached hydrogens (tertiary/aromatic N) is 2. The lowest BCUT2D eigenvalue weighted by atomic mass is 9.98. The van der Waals surface area contributed by atoms with Crippen molar-refractivity contribution in [1.82, 2.24) is 15.1 Å². The van der Waals surface area contributed by atoms with Crippen LogP contribution < -0.4 is 5.32 Å². The average Bonchev–Trinajstić information content (AvgIpc) is 2.22. The highest BCUT2D eigenvalue weighted by atomic mass is 19.1. The molecule has 0 spiro atoms. The molecule has 0 aromatic heterocycles. The van der Waals surface area contributed by atoms with E-state index < -0.39 is 5.67 Å². The fourth-order valence-electron chi connectivity index (χ4n) is 1.91.